The van der Waals surface area contributed by atoms with Crippen molar-refractivity contribution in [3.8, 4) is 5.75 Å². The third-order valence-electron chi connectivity index (χ3n) is 5.50. The maximum absolute atomic E-state index is 14.5. The molecule has 0 aromatic heterocycles. The highest BCUT2D eigenvalue weighted by molar-refractivity contribution is 5.88. The maximum Gasteiger partial charge on any atom is 0.261 e. The minimum atomic E-state index is -0.814. The third kappa shape index (κ3) is 7.44. The molecule has 0 bridgehead atoms. The fourth-order valence-electron chi connectivity index (χ4n) is 3.61. The van der Waals surface area contributed by atoms with Crippen molar-refractivity contribution in [3.05, 3.63) is 102 Å². The topological polar surface area (TPSA) is 58.6 Å². The third-order valence-corrected chi connectivity index (χ3v) is 5.50. The number of nitrogens with one attached hydrogen (secondary N) is 1. The Kier molecular flexibility index (Phi) is 9.65. The molecule has 2 amide bonds. The summed E-state index contributed by atoms with van der Waals surface area (Å²) in [6.45, 7) is 2.26. The standard InChI is InChI=1S/C28H31FN2O3/c1-2-3-18-30-28(33)26(19-22-12-6-4-7-13-22)31(20-23-14-10-11-17-25(23)29)27(32)21-34-24-15-8-5-9-16-24/h4-17,26H,2-3,18-21H2,1H3,(H,30,33)/t26-/m1/s1. The first-order valence-corrected chi connectivity index (χ1v) is 11.6. The quantitative estimate of drug-likeness (QED) is 0.395. The van der Waals surface area contributed by atoms with Gasteiger partial charge in [-0.25, -0.2) is 4.39 Å². The van der Waals surface area contributed by atoms with Crippen molar-refractivity contribution >= 4 is 11.8 Å². The van der Waals surface area contributed by atoms with Crippen LogP contribution in [0.2, 0.25) is 0 Å². The molecule has 3 rings (SSSR count). The van der Waals surface area contributed by atoms with Crippen molar-refractivity contribution in [2.24, 2.45) is 0 Å². The molecule has 0 spiro atoms. The van der Waals surface area contributed by atoms with Crippen LogP contribution in [-0.4, -0.2) is 35.9 Å². The fourth-order valence-corrected chi connectivity index (χ4v) is 3.61. The molecule has 34 heavy (non-hydrogen) atoms. The highest BCUT2D eigenvalue weighted by atomic mass is 19.1. The second-order valence-corrected chi connectivity index (χ2v) is 8.06. The summed E-state index contributed by atoms with van der Waals surface area (Å²) in [5.41, 5.74) is 1.25. The van der Waals surface area contributed by atoms with Gasteiger partial charge < -0.3 is 15.0 Å². The fraction of sp³-hybridized carbons (Fsp3) is 0.286. The van der Waals surface area contributed by atoms with Gasteiger partial charge in [0.1, 0.15) is 17.6 Å². The van der Waals surface area contributed by atoms with E-state index < -0.39 is 17.8 Å². The predicted octanol–water partition coefficient (Wildman–Crippen LogP) is 4.76. The van der Waals surface area contributed by atoms with E-state index in [0.717, 1.165) is 18.4 Å². The van der Waals surface area contributed by atoms with Crippen LogP contribution in [0.1, 0.15) is 30.9 Å². The molecule has 5 nitrogen and oxygen atoms in total. The number of hydrogen-bond donors (Lipinski definition) is 1. The minimum absolute atomic E-state index is 0.0393. The molecule has 3 aromatic carbocycles. The maximum atomic E-state index is 14.5. The number of carbonyl (C=O) groups excluding carboxylic acids is 2. The van der Waals surface area contributed by atoms with Crippen molar-refractivity contribution in [3.63, 3.8) is 0 Å². The van der Waals surface area contributed by atoms with E-state index in [1.165, 1.54) is 11.0 Å². The highest BCUT2D eigenvalue weighted by Crippen LogP contribution is 2.18. The molecule has 3 aromatic rings. The number of amides is 2. The van der Waals surface area contributed by atoms with Gasteiger partial charge in [0.05, 0.1) is 0 Å². The number of para-hydroxylation sites is 1. The van der Waals surface area contributed by atoms with E-state index in [2.05, 4.69) is 5.32 Å². The van der Waals surface area contributed by atoms with Crippen molar-refractivity contribution in [2.75, 3.05) is 13.2 Å². The summed E-state index contributed by atoms with van der Waals surface area (Å²) in [5, 5.41) is 2.95. The van der Waals surface area contributed by atoms with Crippen molar-refractivity contribution in [1.82, 2.24) is 10.2 Å². The van der Waals surface area contributed by atoms with Crippen LogP contribution in [0.5, 0.6) is 5.75 Å². The van der Waals surface area contributed by atoms with Gasteiger partial charge in [0.25, 0.3) is 5.91 Å². The van der Waals surface area contributed by atoms with Crippen LogP contribution in [0.3, 0.4) is 0 Å². The van der Waals surface area contributed by atoms with Crippen LogP contribution in [-0.2, 0) is 22.6 Å². The molecule has 0 radical (unpaired) electrons. The molecule has 0 aliphatic rings. The van der Waals surface area contributed by atoms with Gasteiger partial charge >= 0.3 is 0 Å². The first kappa shape index (κ1) is 25.0. The van der Waals surface area contributed by atoms with Gasteiger partial charge in [0.15, 0.2) is 6.61 Å². The normalized spacial score (nSPS) is 11.5. The molecule has 0 unspecified atom stereocenters. The van der Waals surface area contributed by atoms with Gasteiger partial charge in [-0.3, -0.25) is 9.59 Å². The second kappa shape index (κ2) is 13.1. The summed E-state index contributed by atoms with van der Waals surface area (Å²) in [5.74, 6) is -0.525. The molecular formula is C28H31FN2O3. The largest absolute Gasteiger partial charge is 0.484 e. The summed E-state index contributed by atoms with van der Waals surface area (Å²) in [7, 11) is 0. The number of carbonyl (C=O) groups is 2. The SMILES string of the molecule is CCCCNC(=O)[C@@H](Cc1ccccc1)N(Cc1ccccc1F)C(=O)COc1ccccc1. The van der Waals surface area contributed by atoms with Crippen LogP contribution >= 0.6 is 0 Å². The lowest BCUT2D eigenvalue weighted by atomic mass is 10.0. The van der Waals surface area contributed by atoms with Crippen LogP contribution < -0.4 is 10.1 Å². The van der Waals surface area contributed by atoms with Crippen molar-refractivity contribution < 1.29 is 18.7 Å². The number of hydrogen-bond acceptors (Lipinski definition) is 3. The minimum Gasteiger partial charge on any atom is -0.484 e. The van der Waals surface area contributed by atoms with Crippen LogP contribution in [0.4, 0.5) is 4.39 Å². The molecular weight excluding hydrogens is 431 g/mol. The first-order chi connectivity index (χ1) is 16.6. The molecule has 0 saturated carbocycles. The Morgan fingerprint density at radius 2 is 1.59 bits per heavy atom. The Morgan fingerprint density at radius 1 is 0.941 bits per heavy atom. The Labute approximate surface area is 200 Å². The van der Waals surface area contributed by atoms with E-state index in [0.29, 0.717) is 24.3 Å². The average Bonchev–Trinajstić information content (AvgIpc) is 2.87. The van der Waals surface area contributed by atoms with E-state index >= 15 is 0 Å². The van der Waals surface area contributed by atoms with E-state index in [1.54, 1.807) is 30.3 Å². The Morgan fingerprint density at radius 3 is 2.26 bits per heavy atom. The monoisotopic (exact) mass is 462 g/mol. The predicted molar refractivity (Wildman–Crippen MR) is 131 cm³/mol. The van der Waals surface area contributed by atoms with E-state index in [9.17, 15) is 14.0 Å². The summed E-state index contributed by atoms with van der Waals surface area (Å²) in [4.78, 5) is 28.1. The van der Waals surface area contributed by atoms with Crippen molar-refractivity contribution in [2.45, 2.75) is 38.8 Å². The zero-order valence-corrected chi connectivity index (χ0v) is 19.5. The molecule has 0 fully saturated rings. The molecule has 0 saturated heterocycles. The number of unbranched alkanes of at least 4 members (excludes halogenated alkanes) is 1. The Bertz CT molecular complexity index is 1040. The van der Waals surface area contributed by atoms with Gasteiger partial charge in [0, 0.05) is 25.1 Å². The Balaban J connectivity index is 1.89. The summed E-state index contributed by atoms with van der Waals surface area (Å²) in [6.07, 6.45) is 2.08. The number of rotatable bonds is 12. The molecule has 0 heterocycles. The molecule has 1 N–H and O–H groups in total. The van der Waals surface area contributed by atoms with Gasteiger partial charge in [-0.05, 0) is 30.2 Å². The summed E-state index contributed by atoms with van der Waals surface area (Å²) >= 11 is 0. The van der Waals surface area contributed by atoms with Gasteiger partial charge in [-0.2, -0.15) is 0 Å². The molecule has 6 heteroatoms. The first-order valence-electron chi connectivity index (χ1n) is 11.6. The molecule has 1 atom stereocenters. The zero-order chi connectivity index (χ0) is 24.2. The lowest BCUT2D eigenvalue weighted by molar-refractivity contribution is -0.142. The lowest BCUT2D eigenvalue weighted by Crippen LogP contribution is -2.52. The second-order valence-electron chi connectivity index (χ2n) is 8.06. The van der Waals surface area contributed by atoms with Gasteiger partial charge in [-0.15, -0.1) is 0 Å². The van der Waals surface area contributed by atoms with Crippen LogP contribution in [0, 0.1) is 5.82 Å². The Hall–Kier alpha value is -3.67. The van der Waals surface area contributed by atoms with Gasteiger partial charge in [0.2, 0.25) is 5.91 Å². The van der Waals surface area contributed by atoms with E-state index in [-0.39, 0.29) is 19.1 Å². The average molecular weight is 463 g/mol. The van der Waals surface area contributed by atoms with Crippen LogP contribution in [0.25, 0.3) is 0 Å². The highest BCUT2D eigenvalue weighted by Gasteiger charge is 2.31. The van der Waals surface area contributed by atoms with Crippen LogP contribution in [0.15, 0.2) is 84.9 Å². The summed E-state index contributed by atoms with van der Waals surface area (Å²) in [6, 6.07) is 24.0. The molecule has 0 aliphatic heterocycles. The van der Waals surface area contributed by atoms with E-state index in [1.807, 2.05) is 55.5 Å². The molecule has 178 valence electrons. The van der Waals surface area contributed by atoms with Gasteiger partial charge in [-0.1, -0.05) is 80.1 Å². The smallest absolute Gasteiger partial charge is 0.261 e. The number of halogens is 1. The number of benzene rings is 3. The van der Waals surface area contributed by atoms with E-state index in [4.69, 9.17) is 4.74 Å². The number of nitrogens with zero attached hydrogens (tertiary/aromatic N) is 1. The molecule has 0 aliphatic carbocycles. The van der Waals surface area contributed by atoms with Crippen molar-refractivity contribution in [1.29, 1.82) is 0 Å². The zero-order valence-electron chi connectivity index (χ0n) is 19.5. The summed E-state index contributed by atoms with van der Waals surface area (Å²) < 4.78 is 20.2. The lowest BCUT2D eigenvalue weighted by Gasteiger charge is -2.31. The number of ether oxygens (including phenoxy) is 1.